The molecule has 3 heterocycles. The van der Waals surface area contributed by atoms with Crippen LogP contribution in [0.2, 0.25) is 0 Å². The lowest BCUT2D eigenvalue weighted by Crippen LogP contribution is -2.45. The van der Waals surface area contributed by atoms with Gasteiger partial charge in [0.25, 0.3) is 5.91 Å². The smallest absolute Gasteiger partial charge is 0.326 e. The highest BCUT2D eigenvalue weighted by Gasteiger charge is 2.27. The highest BCUT2D eigenvalue weighted by atomic mass is 16.5. The number of amides is 1. The van der Waals surface area contributed by atoms with Crippen LogP contribution >= 0.6 is 0 Å². The minimum absolute atomic E-state index is 0.155. The van der Waals surface area contributed by atoms with Crippen molar-refractivity contribution in [3.8, 4) is 17.5 Å². The number of nitrogens with one attached hydrogen (secondary N) is 3. The Morgan fingerprint density at radius 1 is 0.977 bits per heavy atom. The first-order valence-electron chi connectivity index (χ1n) is 14.8. The van der Waals surface area contributed by atoms with E-state index in [2.05, 4.69) is 30.9 Å². The van der Waals surface area contributed by atoms with Gasteiger partial charge in [0.15, 0.2) is 0 Å². The molecule has 230 valence electrons. The summed E-state index contributed by atoms with van der Waals surface area (Å²) in [6.07, 6.45) is 4.18. The molecule has 0 fully saturated rings. The quantitative estimate of drug-likeness (QED) is 0.286. The fraction of sp³-hybridized carbons (Fsp3) is 0.452. The molecule has 5 rings (SSSR count). The van der Waals surface area contributed by atoms with Crippen LogP contribution < -0.4 is 30.2 Å². The van der Waals surface area contributed by atoms with E-state index in [-0.39, 0.29) is 23.4 Å². The van der Waals surface area contributed by atoms with Crippen LogP contribution in [0, 0.1) is 5.92 Å². The largest absolute Gasteiger partial charge is 0.494 e. The van der Waals surface area contributed by atoms with Crippen LogP contribution in [0.25, 0.3) is 0 Å². The number of fused-ring (bicyclic) bond motifs is 10. The maximum atomic E-state index is 13.3. The van der Waals surface area contributed by atoms with Crippen LogP contribution in [-0.2, 0) is 11.3 Å². The predicted octanol–water partition coefficient (Wildman–Crippen LogP) is 5.19. The molecule has 2 aliphatic rings. The number of hydrogen-bond donors (Lipinski definition) is 4. The molecule has 6 bridgehead atoms. The number of carbonyl (C=O) groups is 2. The zero-order chi connectivity index (χ0) is 30.6. The molecule has 43 heavy (non-hydrogen) atoms. The maximum Gasteiger partial charge on any atom is 0.326 e. The molecule has 3 aromatic rings. The van der Waals surface area contributed by atoms with Crippen LogP contribution in [0.1, 0.15) is 68.8 Å². The molecular weight excluding hydrogens is 552 g/mol. The van der Waals surface area contributed by atoms with E-state index in [0.29, 0.717) is 50.2 Å². The van der Waals surface area contributed by atoms with Crippen molar-refractivity contribution in [2.45, 2.75) is 65.5 Å². The first-order chi connectivity index (χ1) is 20.9. The number of aliphatic carboxylic acids is 1. The summed E-state index contributed by atoms with van der Waals surface area (Å²) in [7, 11) is 0. The second kappa shape index (κ2) is 15.6. The zero-order valence-corrected chi connectivity index (χ0v) is 24.9. The van der Waals surface area contributed by atoms with E-state index in [4.69, 9.17) is 14.2 Å². The summed E-state index contributed by atoms with van der Waals surface area (Å²) in [5.41, 5.74) is 1.84. The molecule has 12 heteroatoms. The van der Waals surface area contributed by atoms with Crippen molar-refractivity contribution in [2.75, 3.05) is 30.5 Å². The maximum absolute atomic E-state index is 13.3. The SMILES string of the molecule is CCOc1nc2nc(n1)Nc1ccc(C(=O)N[C@H](C(=O)O)[C@H](C)CC)c(c1)OCCCCCCOc1ccc(cc1)CN2. The summed E-state index contributed by atoms with van der Waals surface area (Å²) in [6, 6.07) is 12.0. The van der Waals surface area contributed by atoms with E-state index in [9.17, 15) is 14.7 Å². The van der Waals surface area contributed by atoms with Gasteiger partial charge in [-0.1, -0.05) is 32.4 Å². The zero-order valence-electron chi connectivity index (χ0n) is 24.9. The van der Waals surface area contributed by atoms with E-state index in [0.717, 1.165) is 37.0 Å². The third-order valence-corrected chi connectivity index (χ3v) is 7.08. The molecule has 0 radical (unpaired) electrons. The van der Waals surface area contributed by atoms with Crippen molar-refractivity contribution in [2.24, 2.45) is 5.92 Å². The minimum atomic E-state index is -1.08. The standard InChI is InChI=1S/C31H40N6O6/c1-4-20(3)26(28(39)40)34-27(38)24-15-12-22-18-25(24)43-17-9-7-6-8-16-42-23-13-10-21(11-14-23)19-32-29-35-30(33-22)37-31(36-29)41-5-2/h10-15,18,20,26H,4-9,16-17,19H2,1-3H3,(H,34,38)(H,39,40)(H2,32,33,35,36,37)/t20-,26+/m1/s1. The normalized spacial score (nSPS) is 15.2. The Balaban J connectivity index is 1.62. The summed E-state index contributed by atoms with van der Waals surface area (Å²) < 4.78 is 17.5. The highest BCUT2D eigenvalue weighted by Crippen LogP contribution is 2.27. The molecule has 0 saturated heterocycles. The number of carbonyl (C=O) groups excluding carboxylic acids is 1. The predicted molar refractivity (Wildman–Crippen MR) is 162 cm³/mol. The van der Waals surface area contributed by atoms with Gasteiger partial charge in [-0.05, 0) is 68.4 Å². The Kier molecular flexibility index (Phi) is 11.3. The number of nitrogens with zero attached hydrogens (tertiary/aromatic N) is 3. The molecule has 0 spiro atoms. The summed E-state index contributed by atoms with van der Waals surface area (Å²) in [4.78, 5) is 38.3. The van der Waals surface area contributed by atoms with Crippen LogP contribution in [-0.4, -0.2) is 57.8 Å². The van der Waals surface area contributed by atoms with Crippen molar-refractivity contribution < 1.29 is 28.9 Å². The van der Waals surface area contributed by atoms with Gasteiger partial charge in [-0.15, -0.1) is 0 Å². The van der Waals surface area contributed by atoms with Gasteiger partial charge in [-0.25, -0.2) is 4.79 Å². The van der Waals surface area contributed by atoms with Gasteiger partial charge in [-0.2, -0.15) is 15.0 Å². The number of hydrogen-bond acceptors (Lipinski definition) is 10. The van der Waals surface area contributed by atoms with Gasteiger partial charge < -0.3 is 35.3 Å². The number of ether oxygens (including phenoxy) is 3. The van der Waals surface area contributed by atoms with Crippen molar-refractivity contribution in [1.82, 2.24) is 20.3 Å². The van der Waals surface area contributed by atoms with Gasteiger partial charge in [0.1, 0.15) is 17.5 Å². The second-order valence-corrected chi connectivity index (χ2v) is 10.3. The number of rotatable bonds is 7. The monoisotopic (exact) mass is 592 g/mol. The van der Waals surface area contributed by atoms with E-state index in [1.807, 2.05) is 38.1 Å². The first kappa shape index (κ1) is 31.3. The van der Waals surface area contributed by atoms with Gasteiger partial charge in [-0.3, -0.25) is 4.79 Å². The molecule has 2 aromatic carbocycles. The Morgan fingerprint density at radius 2 is 1.70 bits per heavy atom. The molecule has 0 saturated carbocycles. The summed E-state index contributed by atoms with van der Waals surface area (Å²) in [5, 5.41) is 18.7. The Hall–Kier alpha value is -4.61. The van der Waals surface area contributed by atoms with Gasteiger partial charge in [0.05, 0.1) is 25.4 Å². The van der Waals surface area contributed by atoms with Gasteiger partial charge >= 0.3 is 12.0 Å². The molecule has 4 N–H and O–H groups in total. The summed E-state index contributed by atoms with van der Waals surface area (Å²) in [5.74, 6) is -0.149. The lowest BCUT2D eigenvalue weighted by Gasteiger charge is -2.21. The Labute approximate surface area is 251 Å². The second-order valence-electron chi connectivity index (χ2n) is 10.3. The molecule has 0 aliphatic carbocycles. The highest BCUT2D eigenvalue weighted by molar-refractivity contribution is 5.99. The van der Waals surface area contributed by atoms with Crippen LogP contribution in [0.5, 0.6) is 17.5 Å². The van der Waals surface area contributed by atoms with Crippen LogP contribution in [0.3, 0.4) is 0 Å². The Morgan fingerprint density at radius 3 is 2.40 bits per heavy atom. The lowest BCUT2D eigenvalue weighted by atomic mass is 9.99. The minimum Gasteiger partial charge on any atom is -0.494 e. The summed E-state index contributed by atoms with van der Waals surface area (Å²) >= 11 is 0. The van der Waals surface area contributed by atoms with Crippen molar-refractivity contribution in [3.63, 3.8) is 0 Å². The number of carboxylic acids is 1. The molecule has 2 atom stereocenters. The van der Waals surface area contributed by atoms with E-state index in [1.165, 1.54) is 0 Å². The van der Waals surface area contributed by atoms with Crippen LogP contribution in [0.4, 0.5) is 17.6 Å². The van der Waals surface area contributed by atoms with Gasteiger partial charge in [0.2, 0.25) is 11.9 Å². The van der Waals surface area contributed by atoms with Crippen molar-refractivity contribution in [1.29, 1.82) is 0 Å². The molecular formula is C31H40N6O6. The third-order valence-electron chi connectivity index (χ3n) is 7.08. The molecule has 12 nitrogen and oxygen atoms in total. The fourth-order valence-corrected chi connectivity index (χ4v) is 4.44. The number of carboxylic acid groups (broad SMARTS) is 1. The van der Waals surface area contributed by atoms with Gasteiger partial charge in [0, 0.05) is 18.3 Å². The van der Waals surface area contributed by atoms with Crippen LogP contribution in [0.15, 0.2) is 42.5 Å². The third kappa shape index (κ3) is 9.19. The van der Waals surface area contributed by atoms with E-state index < -0.39 is 17.9 Å². The number of benzene rings is 2. The molecule has 1 aromatic heterocycles. The van der Waals surface area contributed by atoms with E-state index in [1.54, 1.807) is 25.1 Å². The fourth-order valence-electron chi connectivity index (χ4n) is 4.44. The first-order valence-corrected chi connectivity index (χ1v) is 14.8. The molecule has 2 aliphatic heterocycles. The number of aromatic nitrogens is 3. The summed E-state index contributed by atoms with van der Waals surface area (Å²) in [6.45, 7) is 7.37. The average molecular weight is 593 g/mol. The average Bonchev–Trinajstić information content (AvgIpc) is 3.00. The molecule has 1 amide bonds. The Bertz CT molecular complexity index is 1370. The molecule has 0 unspecified atom stereocenters. The van der Waals surface area contributed by atoms with Crippen molar-refractivity contribution in [3.05, 3.63) is 53.6 Å². The van der Waals surface area contributed by atoms with E-state index >= 15 is 0 Å². The lowest BCUT2D eigenvalue weighted by molar-refractivity contribution is -0.140. The van der Waals surface area contributed by atoms with Crippen molar-refractivity contribution >= 4 is 29.5 Å². The number of anilines is 3. The topological polar surface area (TPSA) is 157 Å².